The summed E-state index contributed by atoms with van der Waals surface area (Å²) in [5, 5.41) is 2.80. The van der Waals surface area contributed by atoms with Gasteiger partial charge < -0.3 is 11.1 Å². The lowest BCUT2D eigenvalue weighted by atomic mass is 9.96. The molecule has 1 aliphatic heterocycles. The minimum atomic E-state index is 0.101. The van der Waals surface area contributed by atoms with E-state index in [-0.39, 0.29) is 11.9 Å². The van der Waals surface area contributed by atoms with Gasteiger partial charge >= 0.3 is 0 Å². The van der Waals surface area contributed by atoms with Crippen molar-refractivity contribution in [3.8, 4) is 0 Å². The maximum absolute atomic E-state index is 11.9. The van der Waals surface area contributed by atoms with Crippen LogP contribution in [0.4, 0.5) is 0 Å². The van der Waals surface area contributed by atoms with Crippen LogP contribution in [0.15, 0.2) is 0 Å². The number of piperidine rings is 1. The summed E-state index contributed by atoms with van der Waals surface area (Å²) in [5.41, 5.74) is 6.13. The summed E-state index contributed by atoms with van der Waals surface area (Å²) in [6.07, 6.45) is 7.12. The van der Waals surface area contributed by atoms with Crippen molar-refractivity contribution in [2.24, 2.45) is 11.1 Å². The molecule has 0 bridgehead atoms. The third-order valence-corrected chi connectivity index (χ3v) is 4.33. The highest BCUT2D eigenvalue weighted by Gasteiger charge is 2.44. The third-order valence-electron chi connectivity index (χ3n) is 4.33. The average Bonchev–Trinajstić information content (AvgIpc) is 3.09. The first-order valence-electron chi connectivity index (χ1n) is 6.86. The molecule has 0 aromatic carbocycles. The normalized spacial score (nSPS) is 27.8. The first kappa shape index (κ1) is 12.8. The van der Waals surface area contributed by atoms with Crippen LogP contribution in [0, 0.1) is 5.41 Å². The van der Waals surface area contributed by atoms with E-state index in [2.05, 4.69) is 10.2 Å². The highest BCUT2D eigenvalue weighted by molar-refractivity contribution is 5.81. The van der Waals surface area contributed by atoms with Crippen molar-refractivity contribution < 1.29 is 4.79 Å². The Kier molecular flexibility index (Phi) is 4.05. The van der Waals surface area contributed by atoms with Crippen molar-refractivity contribution in [3.05, 3.63) is 0 Å². The van der Waals surface area contributed by atoms with E-state index in [4.69, 9.17) is 5.73 Å². The molecule has 0 aromatic heterocycles. The van der Waals surface area contributed by atoms with E-state index >= 15 is 0 Å². The molecule has 1 saturated heterocycles. The van der Waals surface area contributed by atoms with E-state index in [9.17, 15) is 4.79 Å². The number of carbonyl (C=O) groups is 1. The van der Waals surface area contributed by atoms with Crippen molar-refractivity contribution in [2.75, 3.05) is 26.7 Å². The molecular formula is C13H25N3O. The van der Waals surface area contributed by atoms with Crippen LogP contribution >= 0.6 is 0 Å². The smallest absolute Gasteiger partial charge is 0.237 e. The van der Waals surface area contributed by atoms with Gasteiger partial charge in [0.05, 0.1) is 6.04 Å². The van der Waals surface area contributed by atoms with Crippen LogP contribution < -0.4 is 11.1 Å². The summed E-state index contributed by atoms with van der Waals surface area (Å²) >= 11 is 0. The molecule has 1 amide bonds. The number of nitrogens with zero attached hydrogens (tertiary/aromatic N) is 1. The Labute approximate surface area is 104 Å². The Balaban J connectivity index is 1.94. The Bertz CT molecular complexity index is 276. The van der Waals surface area contributed by atoms with Gasteiger partial charge in [-0.1, -0.05) is 6.42 Å². The lowest BCUT2D eigenvalue weighted by Gasteiger charge is -2.36. The third kappa shape index (κ3) is 2.99. The second kappa shape index (κ2) is 5.36. The van der Waals surface area contributed by atoms with Gasteiger partial charge in [0.25, 0.3) is 0 Å². The minimum absolute atomic E-state index is 0.101. The Hall–Kier alpha value is -0.610. The maximum Gasteiger partial charge on any atom is 0.237 e. The number of rotatable bonds is 5. The number of carbonyl (C=O) groups excluding carboxylic acids is 1. The molecule has 0 radical (unpaired) electrons. The summed E-state index contributed by atoms with van der Waals surface area (Å²) in [7, 11) is 1.74. The van der Waals surface area contributed by atoms with Crippen LogP contribution in [0.2, 0.25) is 0 Å². The topological polar surface area (TPSA) is 58.4 Å². The molecule has 0 spiro atoms. The Morgan fingerprint density at radius 2 is 2.24 bits per heavy atom. The molecule has 4 nitrogen and oxygen atoms in total. The number of hydrogen-bond acceptors (Lipinski definition) is 3. The van der Waals surface area contributed by atoms with Crippen molar-refractivity contribution in [1.82, 2.24) is 10.2 Å². The number of nitrogens with two attached hydrogens (primary N) is 1. The lowest BCUT2D eigenvalue weighted by molar-refractivity contribution is -0.127. The van der Waals surface area contributed by atoms with Crippen molar-refractivity contribution >= 4 is 5.91 Å². The van der Waals surface area contributed by atoms with Crippen LogP contribution in [0.1, 0.15) is 38.5 Å². The zero-order valence-electron chi connectivity index (χ0n) is 10.9. The fourth-order valence-corrected chi connectivity index (χ4v) is 3.04. The fourth-order valence-electron chi connectivity index (χ4n) is 3.04. The number of likely N-dealkylation sites (tertiary alicyclic amines) is 1. The first-order valence-corrected chi connectivity index (χ1v) is 6.86. The van der Waals surface area contributed by atoms with Gasteiger partial charge in [-0.15, -0.1) is 0 Å². The molecule has 1 unspecified atom stereocenters. The predicted octanol–water partition coefficient (Wildman–Crippen LogP) is 0.716. The van der Waals surface area contributed by atoms with Gasteiger partial charge in [0.15, 0.2) is 0 Å². The van der Waals surface area contributed by atoms with Crippen molar-refractivity contribution in [3.63, 3.8) is 0 Å². The highest BCUT2D eigenvalue weighted by atomic mass is 16.2. The predicted molar refractivity (Wildman–Crippen MR) is 68.6 cm³/mol. The minimum Gasteiger partial charge on any atom is -0.358 e. The maximum atomic E-state index is 11.9. The molecule has 2 aliphatic rings. The molecule has 98 valence electrons. The number of hydrogen-bond donors (Lipinski definition) is 2. The van der Waals surface area contributed by atoms with E-state index in [1.54, 1.807) is 7.05 Å². The van der Waals surface area contributed by atoms with E-state index in [0.29, 0.717) is 5.41 Å². The fraction of sp³-hybridized carbons (Fsp3) is 0.923. The second-order valence-corrected chi connectivity index (χ2v) is 5.63. The summed E-state index contributed by atoms with van der Waals surface area (Å²) < 4.78 is 0. The van der Waals surface area contributed by atoms with E-state index < -0.39 is 0 Å². The standard InChI is InChI=1S/C13H25N3O/c1-15-12(17)11-4-2-3-9-16(11)10-13(5-6-13)7-8-14/h11H,2-10,14H2,1H3,(H,15,17). The van der Waals surface area contributed by atoms with Crippen LogP contribution in [-0.4, -0.2) is 43.5 Å². The number of likely N-dealkylation sites (N-methyl/N-ethyl adjacent to an activating group) is 1. The second-order valence-electron chi connectivity index (χ2n) is 5.63. The molecule has 0 aromatic rings. The molecule has 4 heteroatoms. The number of amides is 1. The van der Waals surface area contributed by atoms with E-state index in [1.807, 2.05) is 0 Å². The van der Waals surface area contributed by atoms with Crippen LogP contribution in [0.5, 0.6) is 0 Å². The summed E-state index contributed by atoms with van der Waals surface area (Å²) in [6, 6.07) is 0.101. The summed E-state index contributed by atoms with van der Waals surface area (Å²) in [6.45, 7) is 2.92. The molecule has 1 saturated carbocycles. The molecule has 17 heavy (non-hydrogen) atoms. The molecular weight excluding hydrogens is 214 g/mol. The monoisotopic (exact) mass is 239 g/mol. The molecule has 2 rings (SSSR count). The van der Waals surface area contributed by atoms with Crippen molar-refractivity contribution in [2.45, 2.75) is 44.6 Å². The lowest BCUT2D eigenvalue weighted by Crippen LogP contribution is -2.50. The van der Waals surface area contributed by atoms with Gasteiger partial charge in [0.2, 0.25) is 5.91 Å². The zero-order valence-corrected chi connectivity index (χ0v) is 10.9. The van der Waals surface area contributed by atoms with Gasteiger partial charge in [-0.25, -0.2) is 0 Å². The van der Waals surface area contributed by atoms with Gasteiger partial charge in [0.1, 0.15) is 0 Å². The molecule has 1 atom stereocenters. The number of nitrogens with one attached hydrogen (secondary N) is 1. The molecule has 1 heterocycles. The van der Waals surface area contributed by atoms with Crippen LogP contribution in [0.25, 0.3) is 0 Å². The molecule has 1 aliphatic carbocycles. The Morgan fingerprint density at radius 3 is 2.82 bits per heavy atom. The van der Waals surface area contributed by atoms with Crippen LogP contribution in [0.3, 0.4) is 0 Å². The Morgan fingerprint density at radius 1 is 1.47 bits per heavy atom. The quantitative estimate of drug-likeness (QED) is 0.743. The summed E-state index contributed by atoms with van der Waals surface area (Å²) in [4.78, 5) is 14.3. The van der Waals surface area contributed by atoms with Gasteiger partial charge in [-0.2, -0.15) is 0 Å². The largest absolute Gasteiger partial charge is 0.358 e. The van der Waals surface area contributed by atoms with E-state index in [1.165, 1.54) is 25.7 Å². The van der Waals surface area contributed by atoms with Gasteiger partial charge in [-0.05, 0) is 50.6 Å². The van der Waals surface area contributed by atoms with Gasteiger partial charge in [0, 0.05) is 13.6 Å². The van der Waals surface area contributed by atoms with E-state index in [0.717, 1.165) is 32.5 Å². The van der Waals surface area contributed by atoms with Gasteiger partial charge in [-0.3, -0.25) is 9.69 Å². The highest BCUT2D eigenvalue weighted by Crippen LogP contribution is 2.49. The molecule has 2 fully saturated rings. The van der Waals surface area contributed by atoms with Crippen LogP contribution in [-0.2, 0) is 4.79 Å². The average molecular weight is 239 g/mol. The zero-order chi connectivity index (χ0) is 12.3. The molecule has 3 N–H and O–H groups in total. The van der Waals surface area contributed by atoms with Crippen molar-refractivity contribution in [1.29, 1.82) is 0 Å². The SMILES string of the molecule is CNC(=O)C1CCCCN1CC1(CCN)CC1. The first-order chi connectivity index (χ1) is 8.21. The summed E-state index contributed by atoms with van der Waals surface area (Å²) in [5.74, 6) is 0.188.